The van der Waals surface area contributed by atoms with Crippen LogP contribution in [0.25, 0.3) is 0 Å². The highest BCUT2D eigenvalue weighted by Crippen LogP contribution is 2.12. The van der Waals surface area contributed by atoms with Crippen molar-refractivity contribution in [3.05, 3.63) is 29.8 Å². The van der Waals surface area contributed by atoms with Gasteiger partial charge in [0.2, 0.25) is 5.91 Å². The Morgan fingerprint density at radius 3 is 2.50 bits per heavy atom. The summed E-state index contributed by atoms with van der Waals surface area (Å²) >= 11 is 0. The minimum atomic E-state index is 0.0982. The molecule has 3 nitrogen and oxygen atoms in total. The van der Waals surface area contributed by atoms with Gasteiger partial charge in [-0.15, -0.1) is 0 Å². The number of amides is 1. The highest BCUT2D eigenvalue weighted by atomic mass is 16.5. The van der Waals surface area contributed by atoms with E-state index in [2.05, 4.69) is 5.32 Å². The molecule has 3 heteroatoms. The molecule has 0 saturated carbocycles. The van der Waals surface area contributed by atoms with Crippen molar-refractivity contribution in [3.63, 3.8) is 0 Å². The average Bonchev–Trinajstić information content (AvgIpc) is 2.29. The molecular weight excluding hydrogens is 202 g/mol. The number of hydrogen-bond donors (Lipinski definition) is 1. The summed E-state index contributed by atoms with van der Waals surface area (Å²) in [6.07, 6.45) is 1.38. The fourth-order valence-corrected chi connectivity index (χ4v) is 1.54. The minimum Gasteiger partial charge on any atom is -0.497 e. The monoisotopic (exact) mass is 221 g/mol. The van der Waals surface area contributed by atoms with E-state index < -0.39 is 0 Å². The lowest BCUT2D eigenvalue weighted by atomic mass is 10.1. The SMILES string of the molecule is CCC(=O)N[C@H](C)Cc1ccc(OC)cc1. The van der Waals surface area contributed by atoms with Crippen LogP contribution in [0.5, 0.6) is 5.75 Å². The molecule has 0 fully saturated rings. The van der Waals surface area contributed by atoms with Crippen molar-refractivity contribution in [2.45, 2.75) is 32.7 Å². The van der Waals surface area contributed by atoms with Crippen molar-refractivity contribution in [1.82, 2.24) is 5.32 Å². The molecule has 88 valence electrons. The first-order valence-corrected chi connectivity index (χ1v) is 5.58. The second-order valence-electron chi connectivity index (χ2n) is 3.87. The zero-order valence-electron chi connectivity index (χ0n) is 10.1. The number of nitrogens with one attached hydrogen (secondary N) is 1. The molecule has 0 aromatic heterocycles. The second kappa shape index (κ2) is 6.16. The molecule has 0 radical (unpaired) electrons. The van der Waals surface area contributed by atoms with Gasteiger partial charge in [0, 0.05) is 12.5 Å². The number of rotatable bonds is 5. The van der Waals surface area contributed by atoms with Crippen molar-refractivity contribution in [3.8, 4) is 5.75 Å². The van der Waals surface area contributed by atoms with Crippen molar-refractivity contribution >= 4 is 5.91 Å². The molecule has 1 N–H and O–H groups in total. The molecule has 0 aliphatic heterocycles. The first-order chi connectivity index (χ1) is 7.65. The van der Waals surface area contributed by atoms with E-state index >= 15 is 0 Å². The van der Waals surface area contributed by atoms with Crippen LogP contribution in [-0.4, -0.2) is 19.1 Å². The van der Waals surface area contributed by atoms with E-state index in [1.165, 1.54) is 5.56 Å². The molecule has 16 heavy (non-hydrogen) atoms. The molecule has 0 spiro atoms. The Balaban J connectivity index is 2.49. The largest absolute Gasteiger partial charge is 0.497 e. The van der Waals surface area contributed by atoms with Gasteiger partial charge in [-0.3, -0.25) is 4.79 Å². The third-order valence-corrected chi connectivity index (χ3v) is 2.43. The molecular formula is C13H19NO2. The lowest BCUT2D eigenvalue weighted by molar-refractivity contribution is -0.121. The van der Waals surface area contributed by atoms with Gasteiger partial charge in [-0.05, 0) is 31.0 Å². The van der Waals surface area contributed by atoms with Gasteiger partial charge in [0.25, 0.3) is 0 Å². The number of carbonyl (C=O) groups excluding carboxylic acids is 1. The summed E-state index contributed by atoms with van der Waals surface area (Å²) in [5.74, 6) is 0.954. The van der Waals surface area contributed by atoms with Crippen LogP contribution in [0.2, 0.25) is 0 Å². The van der Waals surface area contributed by atoms with Crippen molar-refractivity contribution in [2.75, 3.05) is 7.11 Å². The number of hydrogen-bond acceptors (Lipinski definition) is 2. The summed E-state index contributed by atoms with van der Waals surface area (Å²) in [4.78, 5) is 11.2. The van der Waals surface area contributed by atoms with Gasteiger partial charge in [-0.25, -0.2) is 0 Å². The zero-order valence-corrected chi connectivity index (χ0v) is 10.1. The number of benzene rings is 1. The molecule has 0 unspecified atom stereocenters. The molecule has 1 amide bonds. The summed E-state index contributed by atoms with van der Waals surface area (Å²) in [5.41, 5.74) is 1.20. The molecule has 0 aliphatic carbocycles. The summed E-state index contributed by atoms with van der Waals surface area (Å²) in [5, 5.41) is 2.94. The molecule has 1 aromatic carbocycles. The van der Waals surface area contributed by atoms with Crippen LogP contribution in [0.1, 0.15) is 25.8 Å². The summed E-state index contributed by atoms with van der Waals surface area (Å²) in [6, 6.07) is 8.08. The molecule has 1 atom stereocenters. The first-order valence-electron chi connectivity index (χ1n) is 5.58. The first kappa shape index (κ1) is 12.6. The standard InChI is InChI=1S/C13H19NO2/c1-4-13(15)14-10(2)9-11-5-7-12(16-3)8-6-11/h5-8,10H,4,9H2,1-3H3,(H,14,15)/t10-/m1/s1. The van der Waals surface area contributed by atoms with Gasteiger partial charge in [-0.1, -0.05) is 19.1 Å². The van der Waals surface area contributed by atoms with Crippen molar-refractivity contribution in [1.29, 1.82) is 0 Å². The normalized spacial score (nSPS) is 11.9. The van der Waals surface area contributed by atoms with Crippen LogP contribution in [0, 0.1) is 0 Å². The van der Waals surface area contributed by atoms with Gasteiger partial charge in [0.1, 0.15) is 5.75 Å². The predicted octanol–water partition coefficient (Wildman–Crippen LogP) is 2.15. The number of methoxy groups -OCH3 is 1. The van der Waals surface area contributed by atoms with Gasteiger partial charge >= 0.3 is 0 Å². The van der Waals surface area contributed by atoms with E-state index in [0.717, 1.165) is 12.2 Å². The second-order valence-corrected chi connectivity index (χ2v) is 3.87. The zero-order chi connectivity index (χ0) is 12.0. The van der Waals surface area contributed by atoms with Crippen LogP contribution in [0.15, 0.2) is 24.3 Å². The molecule has 0 bridgehead atoms. The van der Waals surface area contributed by atoms with Crippen LogP contribution in [0.4, 0.5) is 0 Å². The maximum Gasteiger partial charge on any atom is 0.219 e. The smallest absolute Gasteiger partial charge is 0.219 e. The fraction of sp³-hybridized carbons (Fsp3) is 0.462. The van der Waals surface area contributed by atoms with E-state index in [1.807, 2.05) is 38.1 Å². The topological polar surface area (TPSA) is 38.3 Å². The number of carbonyl (C=O) groups is 1. The van der Waals surface area contributed by atoms with E-state index in [-0.39, 0.29) is 11.9 Å². The maximum absolute atomic E-state index is 11.2. The lowest BCUT2D eigenvalue weighted by Crippen LogP contribution is -2.33. The van der Waals surface area contributed by atoms with Crippen LogP contribution in [-0.2, 0) is 11.2 Å². The van der Waals surface area contributed by atoms with Crippen molar-refractivity contribution < 1.29 is 9.53 Å². The third-order valence-electron chi connectivity index (χ3n) is 2.43. The third kappa shape index (κ3) is 3.93. The van der Waals surface area contributed by atoms with Crippen LogP contribution < -0.4 is 10.1 Å². The Labute approximate surface area is 96.8 Å². The summed E-state index contributed by atoms with van der Waals surface area (Å²) < 4.78 is 5.09. The molecule has 1 aromatic rings. The quantitative estimate of drug-likeness (QED) is 0.827. The summed E-state index contributed by atoms with van der Waals surface area (Å²) in [7, 11) is 1.65. The van der Waals surface area contributed by atoms with Crippen LogP contribution >= 0.6 is 0 Å². The lowest BCUT2D eigenvalue weighted by Gasteiger charge is -2.13. The Hall–Kier alpha value is -1.51. The van der Waals surface area contributed by atoms with Gasteiger partial charge in [0.05, 0.1) is 7.11 Å². The minimum absolute atomic E-state index is 0.0982. The number of ether oxygens (including phenoxy) is 1. The van der Waals surface area contributed by atoms with Crippen LogP contribution in [0.3, 0.4) is 0 Å². The Morgan fingerprint density at radius 2 is 2.00 bits per heavy atom. The van der Waals surface area contributed by atoms with Gasteiger partial charge in [0.15, 0.2) is 0 Å². The maximum atomic E-state index is 11.2. The Bertz CT molecular complexity index is 332. The molecule has 0 heterocycles. The van der Waals surface area contributed by atoms with E-state index in [1.54, 1.807) is 7.11 Å². The van der Waals surface area contributed by atoms with Gasteiger partial charge < -0.3 is 10.1 Å². The molecule has 0 aliphatic rings. The Morgan fingerprint density at radius 1 is 1.38 bits per heavy atom. The van der Waals surface area contributed by atoms with E-state index in [9.17, 15) is 4.79 Å². The fourth-order valence-electron chi connectivity index (χ4n) is 1.54. The van der Waals surface area contributed by atoms with Crippen molar-refractivity contribution in [2.24, 2.45) is 0 Å². The Kier molecular flexibility index (Phi) is 4.83. The highest BCUT2D eigenvalue weighted by Gasteiger charge is 2.06. The summed E-state index contributed by atoms with van der Waals surface area (Å²) in [6.45, 7) is 3.87. The molecule has 1 rings (SSSR count). The van der Waals surface area contributed by atoms with Gasteiger partial charge in [-0.2, -0.15) is 0 Å². The van der Waals surface area contributed by atoms with E-state index in [0.29, 0.717) is 6.42 Å². The predicted molar refractivity (Wildman–Crippen MR) is 64.6 cm³/mol. The van der Waals surface area contributed by atoms with E-state index in [4.69, 9.17) is 4.74 Å². The highest BCUT2D eigenvalue weighted by molar-refractivity contribution is 5.75. The average molecular weight is 221 g/mol. The molecule has 0 saturated heterocycles.